The van der Waals surface area contributed by atoms with E-state index in [9.17, 15) is 4.79 Å². The van der Waals surface area contributed by atoms with Crippen LogP contribution in [0.15, 0.2) is 30.3 Å². The number of rotatable bonds is 6. The quantitative estimate of drug-likeness (QED) is 0.876. The van der Waals surface area contributed by atoms with Gasteiger partial charge in [0.25, 0.3) is 0 Å². The van der Waals surface area contributed by atoms with E-state index in [-0.39, 0.29) is 17.2 Å². The average molecular weight is 304 g/mol. The summed E-state index contributed by atoms with van der Waals surface area (Å²) in [5.41, 5.74) is 7.42. The summed E-state index contributed by atoms with van der Waals surface area (Å²) in [6, 6.07) is 10.5. The van der Waals surface area contributed by atoms with Crippen LogP contribution in [0.25, 0.3) is 0 Å². The fourth-order valence-electron chi connectivity index (χ4n) is 3.36. The van der Waals surface area contributed by atoms with Crippen LogP contribution in [-0.2, 0) is 14.9 Å². The highest BCUT2D eigenvalue weighted by Gasteiger charge is 2.36. The molecule has 0 bridgehead atoms. The Morgan fingerprint density at radius 3 is 2.50 bits per heavy atom. The van der Waals surface area contributed by atoms with Gasteiger partial charge in [-0.2, -0.15) is 0 Å². The van der Waals surface area contributed by atoms with Gasteiger partial charge in [-0.05, 0) is 24.3 Å². The third-order valence-electron chi connectivity index (χ3n) is 4.82. The molecule has 0 spiro atoms. The third-order valence-corrected chi connectivity index (χ3v) is 4.82. The van der Waals surface area contributed by atoms with E-state index in [0.717, 1.165) is 25.9 Å². The van der Waals surface area contributed by atoms with Gasteiger partial charge in [0.2, 0.25) is 5.91 Å². The maximum atomic E-state index is 12.4. The second-order valence-corrected chi connectivity index (χ2v) is 6.50. The van der Waals surface area contributed by atoms with Gasteiger partial charge >= 0.3 is 0 Å². The minimum atomic E-state index is 0.0240. The Morgan fingerprint density at radius 1 is 1.32 bits per heavy atom. The Labute approximate surface area is 133 Å². The lowest BCUT2D eigenvalue weighted by Crippen LogP contribution is -2.48. The van der Waals surface area contributed by atoms with Crippen LogP contribution in [0, 0.1) is 5.92 Å². The number of carbonyl (C=O) groups excluding carboxylic acids is 1. The molecule has 0 aliphatic carbocycles. The maximum absolute atomic E-state index is 12.4. The number of piperidine rings is 1. The molecule has 0 aromatic heterocycles. The van der Waals surface area contributed by atoms with E-state index in [1.807, 2.05) is 11.0 Å². The molecule has 2 rings (SSSR count). The first-order chi connectivity index (χ1) is 10.6. The van der Waals surface area contributed by atoms with Gasteiger partial charge < -0.3 is 15.4 Å². The van der Waals surface area contributed by atoms with Crippen molar-refractivity contribution in [1.29, 1.82) is 0 Å². The molecule has 1 saturated heterocycles. The molecule has 1 unspecified atom stereocenters. The molecule has 1 aromatic carbocycles. The van der Waals surface area contributed by atoms with Crippen molar-refractivity contribution in [3.63, 3.8) is 0 Å². The molecule has 0 saturated carbocycles. The molecular weight excluding hydrogens is 276 g/mol. The van der Waals surface area contributed by atoms with Crippen molar-refractivity contribution in [1.82, 2.24) is 4.90 Å². The number of benzene rings is 1. The number of methoxy groups -OCH3 is 1. The third kappa shape index (κ3) is 3.87. The first-order valence-electron chi connectivity index (χ1n) is 8.13. The predicted molar refractivity (Wildman–Crippen MR) is 88.6 cm³/mol. The topological polar surface area (TPSA) is 55.6 Å². The minimum Gasteiger partial charge on any atom is -0.384 e. The highest BCUT2D eigenvalue weighted by molar-refractivity contribution is 5.76. The Morgan fingerprint density at radius 2 is 1.95 bits per heavy atom. The van der Waals surface area contributed by atoms with Crippen LogP contribution in [0.3, 0.4) is 0 Å². The van der Waals surface area contributed by atoms with Crippen LogP contribution in [0.4, 0.5) is 0 Å². The van der Waals surface area contributed by atoms with Gasteiger partial charge in [-0.1, -0.05) is 37.3 Å². The van der Waals surface area contributed by atoms with Gasteiger partial charge in [0.15, 0.2) is 0 Å². The molecule has 2 N–H and O–H groups in total. The summed E-state index contributed by atoms with van der Waals surface area (Å²) in [5, 5.41) is 0. The lowest BCUT2D eigenvalue weighted by Gasteiger charge is -2.42. The summed E-state index contributed by atoms with van der Waals surface area (Å²) in [4.78, 5) is 14.3. The first-order valence-corrected chi connectivity index (χ1v) is 8.13. The fourth-order valence-corrected chi connectivity index (χ4v) is 3.36. The van der Waals surface area contributed by atoms with Crippen LogP contribution in [0.5, 0.6) is 0 Å². The Hall–Kier alpha value is -1.39. The SMILES string of the molecule is COCC(C)CC(=O)N1CCC(CN)(c2ccccc2)CC1. The molecule has 1 aliphatic heterocycles. The summed E-state index contributed by atoms with van der Waals surface area (Å²) in [7, 11) is 1.68. The number of nitrogens with zero attached hydrogens (tertiary/aromatic N) is 1. The minimum absolute atomic E-state index is 0.0240. The second-order valence-electron chi connectivity index (χ2n) is 6.50. The number of amides is 1. The molecule has 1 amide bonds. The van der Waals surface area contributed by atoms with Gasteiger partial charge in [-0.3, -0.25) is 4.79 Å². The molecule has 22 heavy (non-hydrogen) atoms. The average Bonchev–Trinajstić information content (AvgIpc) is 2.56. The van der Waals surface area contributed by atoms with Crippen LogP contribution < -0.4 is 5.73 Å². The van der Waals surface area contributed by atoms with Gasteiger partial charge in [-0.25, -0.2) is 0 Å². The predicted octanol–water partition coefficient (Wildman–Crippen LogP) is 2.18. The largest absolute Gasteiger partial charge is 0.384 e. The van der Waals surface area contributed by atoms with Gasteiger partial charge in [-0.15, -0.1) is 0 Å². The van der Waals surface area contributed by atoms with Gasteiger partial charge in [0.1, 0.15) is 0 Å². The molecular formula is C18H28N2O2. The molecule has 122 valence electrons. The number of nitrogens with two attached hydrogens (primary N) is 1. The van der Waals surface area contributed by atoms with Crippen molar-refractivity contribution >= 4 is 5.91 Å². The zero-order valence-electron chi connectivity index (χ0n) is 13.8. The number of ether oxygens (including phenoxy) is 1. The van der Waals surface area contributed by atoms with Crippen LogP contribution in [0.2, 0.25) is 0 Å². The Bertz CT molecular complexity index is 467. The summed E-state index contributed by atoms with van der Waals surface area (Å²) < 4.78 is 5.11. The molecule has 4 nitrogen and oxygen atoms in total. The molecule has 1 aliphatic rings. The molecule has 4 heteroatoms. The zero-order valence-corrected chi connectivity index (χ0v) is 13.8. The van der Waals surface area contributed by atoms with E-state index in [1.54, 1.807) is 7.11 Å². The van der Waals surface area contributed by atoms with Crippen molar-refractivity contribution in [3.05, 3.63) is 35.9 Å². The number of carbonyl (C=O) groups is 1. The first kappa shape index (κ1) is 17.0. The fraction of sp³-hybridized carbons (Fsp3) is 0.611. The lowest BCUT2D eigenvalue weighted by atomic mass is 9.73. The van der Waals surface area contributed by atoms with E-state index in [1.165, 1.54) is 5.56 Å². The van der Waals surface area contributed by atoms with E-state index in [2.05, 4.69) is 31.2 Å². The summed E-state index contributed by atoms with van der Waals surface area (Å²) in [5.74, 6) is 0.510. The standard InChI is InChI=1S/C18H28N2O2/c1-15(13-22-2)12-17(21)20-10-8-18(14-19,9-11-20)16-6-4-3-5-7-16/h3-7,15H,8-14,19H2,1-2H3. The van der Waals surface area contributed by atoms with Gasteiger partial charge in [0.05, 0.1) is 0 Å². The Kier molecular flexibility index (Phi) is 5.98. The number of hydrogen-bond acceptors (Lipinski definition) is 3. The van der Waals surface area contributed by atoms with Crippen molar-refractivity contribution in [2.24, 2.45) is 11.7 Å². The zero-order chi connectivity index (χ0) is 16.0. The highest BCUT2D eigenvalue weighted by atomic mass is 16.5. The summed E-state index contributed by atoms with van der Waals surface area (Å²) >= 11 is 0. The van der Waals surface area contributed by atoms with E-state index >= 15 is 0 Å². The molecule has 0 radical (unpaired) electrons. The van der Waals surface area contributed by atoms with Crippen molar-refractivity contribution in [2.45, 2.75) is 31.6 Å². The van der Waals surface area contributed by atoms with E-state index in [4.69, 9.17) is 10.5 Å². The van der Waals surface area contributed by atoms with E-state index in [0.29, 0.717) is 19.6 Å². The number of likely N-dealkylation sites (tertiary alicyclic amines) is 1. The van der Waals surface area contributed by atoms with Crippen molar-refractivity contribution < 1.29 is 9.53 Å². The molecule has 1 heterocycles. The van der Waals surface area contributed by atoms with Crippen LogP contribution >= 0.6 is 0 Å². The van der Waals surface area contributed by atoms with Gasteiger partial charge in [0, 0.05) is 45.2 Å². The smallest absolute Gasteiger partial charge is 0.222 e. The molecule has 1 aromatic rings. The van der Waals surface area contributed by atoms with Crippen molar-refractivity contribution in [3.8, 4) is 0 Å². The van der Waals surface area contributed by atoms with E-state index < -0.39 is 0 Å². The maximum Gasteiger partial charge on any atom is 0.222 e. The van der Waals surface area contributed by atoms with Crippen LogP contribution in [-0.4, -0.2) is 44.2 Å². The lowest BCUT2D eigenvalue weighted by molar-refractivity contribution is -0.134. The highest BCUT2D eigenvalue weighted by Crippen LogP contribution is 2.34. The Balaban J connectivity index is 1.95. The summed E-state index contributed by atoms with van der Waals surface area (Å²) in [6.45, 7) is 4.92. The summed E-state index contributed by atoms with van der Waals surface area (Å²) in [6.07, 6.45) is 2.45. The molecule has 1 atom stereocenters. The number of hydrogen-bond donors (Lipinski definition) is 1. The molecule has 1 fully saturated rings. The van der Waals surface area contributed by atoms with Crippen molar-refractivity contribution in [2.75, 3.05) is 33.4 Å². The normalized spacial score (nSPS) is 19.0. The monoisotopic (exact) mass is 304 g/mol. The second kappa shape index (κ2) is 7.75. The van der Waals surface area contributed by atoms with Crippen LogP contribution in [0.1, 0.15) is 31.7 Å².